The minimum Gasteiger partial charge on any atom is -0.493 e. The molecule has 56 heavy (non-hydrogen) atoms. The van der Waals surface area contributed by atoms with Crippen molar-refractivity contribution in [2.24, 2.45) is 13.0 Å². The van der Waals surface area contributed by atoms with Gasteiger partial charge in [0.05, 0.1) is 36.4 Å². The van der Waals surface area contributed by atoms with Gasteiger partial charge in [-0.3, -0.25) is 19.4 Å². The molecule has 3 fully saturated rings. The molecule has 0 spiro atoms. The first-order valence-electron chi connectivity index (χ1n) is 18.6. The highest BCUT2D eigenvalue weighted by Crippen LogP contribution is 2.37. The number of esters is 2. The van der Waals surface area contributed by atoms with Crippen molar-refractivity contribution in [3.05, 3.63) is 135 Å². The molecule has 3 saturated heterocycles. The fourth-order valence-electron chi connectivity index (χ4n) is 7.55. The van der Waals surface area contributed by atoms with Crippen LogP contribution < -0.4 is 14.2 Å². The Hall–Kier alpha value is -5.10. The van der Waals surface area contributed by atoms with E-state index in [0.29, 0.717) is 50.0 Å². The van der Waals surface area contributed by atoms with Gasteiger partial charge < -0.3 is 23.7 Å². The van der Waals surface area contributed by atoms with Crippen LogP contribution in [0.25, 0.3) is 0 Å². The van der Waals surface area contributed by atoms with Crippen LogP contribution in [-0.2, 0) is 34.3 Å². The number of rotatable bonds is 15. The Morgan fingerprint density at radius 2 is 1.59 bits per heavy atom. The van der Waals surface area contributed by atoms with Crippen molar-refractivity contribution in [3.8, 4) is 17.2 Å². The molecule has 3 aliphatic rings. The quantitative estimate of drug-likeness (QED) is 0.0966. The number of hydrogen-bond acceptors (Lipinski definition) is 10. The van der Waals surface area contributed by atoms with Crippen molar-refractivity contribution in [3.63, 3.8) is 0 Å². The Morgan fingerprint density at radius 1 is 0.857 bits per heavy atom. The summed E-state index contributed by atoms with van der Waals surface area (Å²) in [5.74, 6) is 0.984. The molecule has 5 aromatic rings. The van der Waals surface area contributed by atoms with Crippen LogP contribution in [-0.4, -0.2) is 71.6 Å². The Morgan fingerprint density at radius 3 is 2.29 bits per heavy atom. The summed E-state index contributed by atoms with van der Waals surface area (Å²) in [5, 5.41) is 5.15. The summed E-state index contributed by atoms with van der Waals surface area (Å²) in [4.78, 5) is 33.5. The van der Waals surface area contributed by atoms with Gasteiger partial charge in [-0.25, -0.2) is 4.79 Å². The summed E-state index contributed by atoms with van der Waals surface area (Å²) in [6.45, 7) is 3.11. The van der Waals surface area contributed by atoms with Crippen LogP contribution in [0.4, 0.5) is 0 Å². The smallest absolute Gasteiger partial charge is 0.359 e. The molecule has 0 N–H and O–H groups in total. The maximum atomic E-state index is 13.7. The second kappa shape index (κ2) is 17.8. The zero-order valence-corrected chi connectivity index (χ0v) is 33.0. The van der Waals surface area contributed by atoms with Crippen molar-refractivity contribution < 1.29 is 33.3 Å². The zero-order chi connectivity index (χ0) is 39.2. The van der Waals surface area contributed by atoms with Gasteiger partial charge in [0.1, 0.15) is 24.6 Å². The number of carbonyl (C=O) groups is 2. The summed E-state index contributed by atoms with van der Waals surface area (Å²) in [5.41, 5.74) is 3.91. The van der Waals surface area contributed by atoms with Crippen LogP contribution in [0.3, 0.4) is 0 Å². The normalized spacial score (nSPS) is 18.5. The number of hydrogen-bond donors (Lipinski definition) is 0. The number of aromatic nitrogens is 3. The van der Waals surface area contributed by atoms with Gasteiger partial charge in [0.15, 0.2) is 17.2 Å². The third kappa shape index (κ3) is 9.12. The summed E-state index contributed by atoms with van der Waals surface area (Å²) in [6, 6.07) is 24.6. The number of piperidine rings is 3. The van der Waals surface area contributed by atoms with Crippen molar-refractivity contribution >= 4 is 35.1 Å². The Kier molecular flexibility index (Phi) is 12.4. The second-order valence-corrected chi connectivity index (χ2v) is 14.9. The molecule has 11 nitrogen and oxygen atoms in total. The molecule has 3 aliphatic heterocycles. The minimum atomic E-state index is -0.811. The number of pyridine rings is 1. The summed E-state index contributed by atoms with van der Waals surface area (Å²) >= 11 is 12.9. The number of ether oxygens (including phenoxy) is 5. The molecular formula is C43H44Cl2N4O7. The lowest BCUT2D eigenvalue weighted by Gasteiger charge is -2.44. The number of fused-ring (bicyclic) bond motifs is 3. The van der Waals surface area contributed by atoms with E-state index >= 15 is 0 Å². The van der Waals surface area contributed by atoms with E-state index in [4.69, 9.17) is 46.9 Å². The second-order valence-electron chi connectivity index (χ2n) is 14.1. The highest BCUT2D eigenvalue weighted by atomic mass is 35.5. The van der Waals surface area contributed by atoms with Crippen molar-refractivity contribution in [2.75, 3.05) is 33.9 Å². The van der Waals surface area contributed by atoms with Crippen LogP contribution >= 0.6 is 23.2 Å². The number of halogens is 2. The van der Waals surface area contributed by atoms with Crippen LogP contribution in [0.1, 0.15) is 69.7 Å². The van der Waals surface area contributed by atoms with E-state index in [2.05, 4.69) is 15.0 Å². The predicted molar refractivity (Wildman–Crippen MR) is 212 cm³/mol. The van der Waals surface area contributed by atoms with E-state index in [1.165, 1.54) is 19.5 Å². The summed E-state index contributed by atoms with van der Waals surface area (Å²) in [6.07, 6.45) is 4.67. The molecule has 0 aliphatic carbocycles. The molecule has 0 radical (unpaired) electrons. The van der Waals surface area contributed by atoms with E-state index in [-0.39, 0.29) is 43.1 Å². The maximum absolute atomic E-state index is 13.7. The lowest BCUT2D eigenvalue weighted by Crippen LogP contribution is -2.52. The Bertz CT molecular complexity index is 2140. The highest BCUT2D eigenvalue weighted by molar-refractivity contribution is 6.35. The van der Waals surface area contributed by atoms with E-state index in [1.54, 1.807) is 43.1 Å². The van der Waals surface area contributed by atoms with Crippen LogP contribution in [0.15, 0.2) is 91.3 Å². The number of benzene rings is 3. The first kappa shape index (κ1) is 39.1. The average molecular weight is 800 g/mol. The molecule has 0 saturated carbocycles. The lowest BCUT2D eigenvalue weighted by molar-refractivity contribution is -0.159. The fraction of sp³-hybridized carbons (Fsp3) is 0.349. The SMILES string of the molecule is COc1ccc([C@H](Cc2c(Cl)cncc2Cl)OC(=O)c2cc(COc3cccc([C@@H](CC(=O)O[C@H]4CN5CCC4CC5)c4ccccc4)c3)n(C)n2)cc1OC. The van der Waals surface area contributed by atoms with Crippen molar-refractivity contribution in [1.82, 2.24) is 19.7 Å². The average Bonchev–Trinajstić information content (AvgIpc) is 3.60. The van der Waals surface area contributed by atoms with E-state index in [9.17, 15) is 9.59 Å². The topological polar surface area (TPSA) is 114 Å². The third-order valence-electron chi connectivity index (χ3n) is 10.7. The van der Waals surface area contributed by atoms with Gasteiger partial charge in [0.25, 0.3) is 0 Å². The Labute approximate surface area is 336 Å². The molecular weight excluding hydrogens is 755 g/mol. The molecule has 0 unspecified atom stereocenters. The van der Waals surface area contributed by atoms with Crippen molar-refractivity contribution in [1.29, 1.82) is 0 Å². The van der Waals surface area contributed by atoms with Gasteiger partial charge >= 0.3 is 11.9 Å². The van der Waals surface area contributed by atoms with E-state index < -0.39 is 12.1 Å². The number of methoxy groups -OCH3 is 2. The largest absolute Gasteiger partial charge is 0.493 e. The molecule has 292 valence electrons. The predicted octanol–water partition coefficient (Wildman–Crippen LogP) is 8.02. The van der Waals surface area contributed by atoms with Crippen LogP contribution in [0.2, 0.25) is 10.0 Å². The van der Waals surface area contributed by atoms with Crippen molar-refractivity contribution in [2.45, 2.75) is 50.4 Å². The van der Waals surface area contributed by atoms with E-state index in [1.807, 2.05) is 54.6 Å². The number of nitrogens with zero attached hydrogens (tertiary/aromatic N) is 4. The van der Waals surface area contributed by atoms with Gasteiger partial charge in [-0.1, -0.05) is 71.7 Å². The molecule has 0 amide bonds. The molecule has 3 aromatic carbocycles. The minimum absolute atomic E-state index is 0.0487. The van der Waals surface area contributed by atoms with Gasteiger partial charge in [0, 0.05) is 38.3 Å². The number of carbonyl (C=O) groups excluding carboxylic acids is 2. The molecule has 2 aromatic heterocycles. The van der Waals surface area contributed by atoms with Gasteiger partial charge in [0.2, 0.25) is 0 Å². The van der Waals surface area contributed by atoms with Crippen LogP contribution in [0, 0.1) is 5.92 Å². The standard InChI is InChI=1S/C43H44Cl2N4O7/c1-48-31(20-37(47-48)43(51)56-39(21-34-35(44)23-46-24-36(34)45)30-12-13-38(52-2)40(19-30)53-3)26-54-32-11-7-10-29(18-32)33(27-8-5-4-6-9-27)22-42(50)55-41-25-49-16-14-28(41)15-17-49/h4-13,18-20,23-24,28,33,39,41H,14-17,21-22,25-26H2,1-3H3/t33-,39-,41-/m0/s1. The third-order valence-corrected chi connectivity index (χ3v) is 11.3. The monoisotopic (exact) mass is 798 g/mol. The molecule has 13 heteroatoms. The Balaban J connectivity index is 1.05. The molecule has 5 heterocycles. The van der Waals surface area contributed by atoms with Gasteiger partial charge in [-0.05, 0) is 84.4 Å². The summed E-state index contributed by atoms with van der Waals surface area (Å²) in [7, 11) is 4.81. The highest BCUT2D eigenvalue weighted by Gasteiger charge is 2.37. The molecule has 2 bridgehead atoms. The van der Waals surface area contributed by atoms with E-state index in [0.717, 1.165) is 43.6 Å². The first-order valence-corrected chi connectivity index (χ1v) is 19.4. The fourth-order valence-corrected chi connectivity index (χ4v) is 8.07. The lowest BCUT2D eigenvalue weighted by atomic mass is 9.85. The zero-order valence-electron chi connectivity index (χ0n) is 31.5. The van der Waals surface area contributed by atoms with Gasteiger partial charge in [-0.2, -0.15) is 5.10 Å². The molecule has 8 rings (SSSR count). The molecule has 3 atom stereocenters. The number of aryl methyl sites for hydroxylation is 1. The maximum Gasteiger partial charge on any atom is 0.359 e. The first-order chi connectivity index (χ1) is 27.2. The summed E-state index contributed by atoms with van der Waals surface area (Å²) < 4.78 is 30.9. The van der Waals surface area contributed by atoms with Gasteiger partial charge in [-0.15, -0.1) is 0 Å². The van der Waals surface area contributed by atoms with Crippen LogP contribution in [0.5, 0.6) is 17.2 Å².